The largest absolute Gasteiger partial charge is 0.394 e. The van der Waals surface area contributed by atoms with E-state index in [0.717, 1.165) is 10.7 Å². The summed E-state index contributed by atoms with van der Waals surface area (Å²) in [5.74, 6) is -0.0763. The summed E-state index contributed by atoms with van der Waals surface area (Å²) in [6.45, 7) is 1.46. The number of anilines is 1. The van der Waals surface area contributed by atoms with Crippen LogP contribution in [-0.2, 0) is 23.9 Å². The number of thiazole rings is 1. The molecule has 1 aliphatic rings. The van der Waals surface area contributed by atoms with Gasteiger partial charge in [-0.25, -0.2) is 4.98 Å². The normalized spacial score (nSPS) is 26.6. The number of H-pyrrole nitrogens is 1. The van der Waals surface area contributed by atoms with Crippen LogP contribution in [0.4, 0.5) is 5.95 Å². The Labute approximate surface area is 175 Å². The smallest absolute Gasteiger partial charge is 0.314 e. The molecule has 0 bridgehead atoms. The fourth-order valence-corrected chi connectivity index (χ4v) is 4.89. The second kappa shape index (κ2) is 7.71. The number of nitrogens with zero attached hydrogens (tertiary/aromatic N) is 4. The van der Waals surface area contributed by atoms with Crippen molar-refractivity contribution in [1.29, 1.82) is 0 Å². The van der Waals surface area contributed by atoms with E-state index in [4.69, 9.17) is 10.5 Å². The fraction of sp³-hybridized carbons (Fsp3) is 0.556. The first-order valence-electron chi connectivity index (χ1n) is 9.59. The van der Waals surface area contributed by atoms with Gasteiger partial charge in [-0.15, -0.1) is 11.3 Å². The maximum absolute atomic E-state index is 12.4. The highest BCUT2D eigenvalue weighted by Crippen LogP contribution is 2.36. The highest BCUT2D eigenvalue weighted by Gasteiger charge is 2.58. The van der Waals surface area contributed by atoms with Crippen LogP contribution in [0.15, 0.2) is 16.5 Å². The topological polar surface area (TPSA) is 163 Å². The molecule has 4 heterocycles. The van der Waals surface area contributed by atoms with Crippen LogP contribution in [0.3, 0.4) is 0 Å². The summed E-state index contributed by atoms with van der Waals surface area (Å²) in [5, 5.41) is 34.0. The molecule has 3 aromatic heterocycles. The molecule has 0 amide bonds. The monoisotopic (exact) mass is 437 g/mol. The zero-order chi connectivity index (χ0) is 21.6. The van der Waals surface area contributed by atoms with Gasteiger partial charge in [-0.1, -0.05) is 4.98 Å². The highest BCUT2D eigenvalue weighted by atomic mass is 32.1. The van der Waals surface area contributed by atoms with Crippen molar-refractivity contribution in [1.82, 2.24) is 19.5 Å². The number of aromatic amines is 1. The third kappa shape index (κ3) is 3.30. The zero-order valence-electron chi connectivity index (χ0n) is 16.6. The van der Waals surface area contributed by atoms with E-state index < -0.39 is 36.2 Å². The molecule has 0 spiro atoms. The Bertz CT molecular complexity index is 1130. The second-order valence-corrected chi connectivity index (χ2v) is 8.52. The van der Waals surface area contributed by atoms with E-state index in [2.05, 4.69) is 15.0 Å². The van der Waals surface area contributed by atoms with Crippen LogP contribution in [-0.4, -0.2) is 59.8 Å². The number of hydrogen-bond acceptors (Lipinski definition) is 9. The van der Waals surface area contributed by atoms with E-state index in [0.29, 0.717) is 19.3 Å². The second-order valence-electron chi connectivity index (χ2n) is 7.58. The molecule has 11 nitrogen and oxygen atoms in total. The summed E-state index contributed by atoms with van der Waals surface area (Å²) in [6.07, 6.45) is -0.544. The number of hydrogen-bond donors (Lipinski definition) is 5. The van der Waals surface area contributed by atoms with E-state index >= 15 is 0 Å². The van der Waals surface area contributed by atoms with Gasteiger partial charge in [0.2, 0.25) is 11.2 Å². The minimum absolute atomic E-state index is 0.0763. The Kier molecular flexibility index (Phi) is 5.36. The Morgan fingerprint density at radius 2 is 2.20 bits per heavy atom. The SMILES string of the molecule is Cc1csc(CCC[C@@]2([n+]3cn(C)c4c(=O)[nH]c(N)nc43)O[C@H](CO)[C@@H](O)[C@H]2O)n1. The van der Waals surface area contributed by atoms with Crippen molar-refractivity contribution in [2.45, 2.75) is 50.2 Å². The maximum atomic E-state index is 12.4. The Morgan fingerprint density at radius 1 is 1.43 bits per heavy atom. The lowest BCUT2D eigenvalue weighted by molar-refractivity contribution is -0.796. The number of nitrogen functional groups attached to an aromatic ring is 1. The van der Waals surface area contributed by atoms with Crippen LogP contribution in [0.25, 0.3) is 11.2 Å². The lowest BCUT2D eigenvalue weighted by Gasteiger charge is -2.30. The fourth-order valence-electron chi connectivity index (χ4n) is 4.07. The molecule has 1 fully saturated rings. The van der Waals surface area contributed by atoms with E-state index in [1.165, 1.54) is 4.57 Å². The van der Waals surface area contributed by atoms with Crippen LogP contribution in [0.1, 0.15) is 23.5 Å². The summed E-state index contributed by atoms with van der Waals surface area (Å²) < 4.78 is 9.13. The molecule has 0 unspecified atom stereocenters. The first-order valence-corrected chi connectivity index (χ1v) is 10.5. The minimum atomic E-state index is -1.44. The molecule has 0 radical (unpaired) electrons. The van der Waals surface area contributed by atoms with Crippen LogP contribution in [0, 0.1) is 6.92 Å². The number of fused-ring (bicyclic) bond motifs is 1. The van der Waals surface area contributed by atoms with Crippen molar-refractivity contribution in [3.63, 3.8) is 0 Å². The number of aliphatic hydroxyl groups excluding tert-OH is 3. The van der Waals surface area contributed by atoms with Gasteiger partial charge in [-0.05, 0) is 19.8 Å². The molecule has 12 heteroatoms. The van der Waals surface area contributed by atoms with Crippen molar-refractivity contribution >= 4 is 28.4 Å². The molecule has 4 atom stereocenters. The van der Waals surface area contributed by atoms with Crippen molar-refractivity contribution < 1.29 is 24.6 Å². The molecule has 6 N–H and O–H groups in total. The number of nitrogens with one attached hydrogen (secondary N) is 1. The minimum Gasteiger partial charge on any atom is -0.394 e. The van der Waals surface area contributed by atoms with Gasteiger partial charge >= 0.3 is 5.65 Å². The number of ether oxygens (including phenoxy) is 1. The van der Waals surface area contributed by atoms with Gasteiger partial charge in [0, 0.05) is 17.5 Å². The first-order chi connectivity index (χ1) is 14.3. The predicted molar refractivity (Wildman–Crippen MR) is 108 cm³/mol. The number of imidazole rings is 1. The summed E-state index contributed by atoms with van der Waals surface area (Å²) in [4.78, 5) is 23.6. The van der Waals surface area contributed by atoms with Gasteiger partial charge in [0.1, 0.15) is 18.3 Å². The Hall–Kier alpha value is -2.38. The maximum Gasteiger partial charge on any atom is 0.314 e. The van der Waals surface area contributed by atoms with Gasteiger partial charge in [0.05, 0.1) is 18.7 Å². The lowest BCUT2D eigenvalue weighted by Crippen LogP contribution is -2.63. The van der Waals surface area contributed by atoms with Gasteiger partial charge < -0.3 is 25.8 Å². The van der Waals surface area contributed by atoms with Gasteiger partial charge in [0.25, 0.3) is 11.5 Å². The molecule has 162 valence electrons. The summed E-state index contributed by atoms with van der Waals surface area (Å²) in [5.41, 5.74) is 5.29. The van der Waals surface area contributed by atoms with Crippen molar-refractivity contribution in [2.24, 2.45) is 7.05 Å². The summed E-state index contributed by atoms with van der Waals surface area (Å²) >= 11 is 1.55. The Morgan fingerprint density at radius 3 is 2.83 bits per heavy atom. The van der Waals surface area contributed by atoms with Crippen LogP contribution in [0.5, 0.6) is 0 Å². The molecule has 30 heavy (non-hydrogen) atoms. The number of rotatable bonds is 6. The third-order valence-electron chi connectivity index (χ3n) is 5.47. The van der Waals surface area contributed by atoms with E-state index in [1.54, 1.807) is 29.3 Å². The van der Waals surface area contributed by atoms with Crippen molar-refractivity contribution in [2.75, 3.05) is 12.3 Å². The molecular weight excluding hydrogens is 412 g/mol. The van der Waals surface area contributed by atoms with Crippen LogP contribution < -0.4 is 15.9 Å². The molecule has 1 aliphatic heterocycles. The average molecular weight is 438 g/mol. The van der Waals surface area contributed by atoms with Crippen molar-refractivity contribution in [3.05, 3.63) is 32.8 Å². The Balaban J connectivity index is 1.78. The molecule has 3 aromatic rings. The number of aliphatic hydroxyl groups is 3. The van der Waals surface area contributed by atoms with Gasteiger partial charge in [-0.2, -0.15) is 4.57 Å². The highest BCUT2D eigenvalue weighted by molar-refractivity contribution is 7.09. The predicted octanol–water partition coefficient (Wildman–Crippen LogP) is -1.32. The molecule has 4 rings (SSSR count). The summed E-state index contributed by atoms with van der Waals surface area (Å²) in [6, 6.07) is 0. The number of aromatic nitrogens is 5. The van der Waals surface area contributed by atoms with Gasteiger partial charge in [-0.3, -0.25) is 14.3 Å². The zero-order valence-corrected chi connectivity index (χ0v) is 17.5. The molecular formula is C18H25N6O5S+. The quantitative estimate of drug-likeness (QED) is 0.297. The third-order valence-corrected chi connectivity index (χ3v) is 6.49. The van der Waals surface area contributed by atoms with E-state index in [9.17, 15) is 20.1 Å². The lowest BCUT2D eigenvalue weighted by atomic mass is 9.96. The molecule has 0 saturated carbocycles. The van der Waals surface area contributed by atoms with Gasteiger partial charge in [0.15, 0.2) is 6.33 Å². The molecule has 0 aromatic carbocycles. The first kappa shape index (κ1) is 20.9. The van der Waals surface area contributed by atoms with Crippen LogP contribution in [0.2, 0.25) is 0 Å². The number of aryl methyl sites for hydroxylation is 3. The average Bonchev–Trinajstić information content (AvgIpc) is 3.33. The van der Waals surface area contributed by atoms with E-state index in [-0.39, 0.29) is 17.1 Å². The van der Waals surface area contributed by atoms with Crippen molar-refractivity contribution in [3.8, 4) is 0 Å². The standard InChI is InChI=1S/C18H24N6O5S/c1-9-7-30-11(20-9)4-3-5-18(14(27)13(26)10(6-25)29-18)24-8-23(2)12-15(24)21-17(19)22-16(12)28/h7-8,10,13-14,25-27H,3-6H2,1-2H3,(H2-,19,21,22,28)/p+1/t10-,13-,14-,18-/m1/s1. The summed E-state index contributed by atoms with van der Waals surface area (Å²) in [7, 11) is 1.67. The van der Waals surface area contributed by atoms with E-state index in [1.807, 2.05) is 12.3 Å². The van der Waals surface area contributed by atoms with Crippen LogP contribution >= 0.6 is 11.3 Å². The molecule has 1 saturated heterocycles. The number of nitrogens with two attached hydrogens (primary N) is 1. The molecule has 0 aliphatic carbocycles.